The molecule has 3 aromatic rings. The van der Waals surface area contributed by atoms with Gasteiger partial charge in [-0.2, -0.15) is 0 Å². The number of aromatic amines is 1. The Morgan fingerprint density at radius 3 is 3.00 bits per heavy atom. The minimum absolute atomic E-state index is 0.0566. The van der Waals surface area contributed by atoms with Gasteiger partial charge in [-0.05, 0) is 25.1 Å². The van der Waals surface area contributed by atoms with Gasteiger partial charge in [0.05, 0.1) is 29.5 Å². The van der Waals surface area contributed by atoms with Gasteiger partial charge in [0.25, 0.3) is 0 Å². The van der Waals surface area contributed by atoms with Crippen LogP contribution >= 0.6 is 0 Å². The van der Waals surface area contributed by atoms with Crippen LogP contribution in [0.15, 0.2) is 36.8 Å². The number of hydrogen-bond donors (Lipinski definition) is 1. The number of benzene rings is 1. The molecule has 0 fully saturated rings. The van der Waals surface area contributed by atoms with Gasteiger partial charge in [-0.15, -0.1) is 0 Å². The van der Waals surface area contributed by atoms with Gasteiger partial charge in [0.2, 0.25) is 0 Å². The van der Waals surface area contributed by atoms with Gasteiger partial charge in [-0.3, -0.25) is 4.79 Å². The summed E-state index contributed by atoms with van der Waals surface area (Å²) in [6.07, 6.45) is 3.60. The van der Waals surface area contributed by atoms with E-state index in [-0.39, 0.29) is 12.2 Å². The predicted molar refractivity (Wildman–Crippen MR) is 71.5 cm³/mol. The number of carbonyl (C=O) groups is 1. The quantitative estimate of drug-likeness (QED) is 0.775. The lowest BCUT2D eigenvalue weighted by Gasteiger charge is -2.03. The Morgan fingerprint density at radius 2 is 2.16 bits per heavy atom. The minimum atomic E-state index is 0.0566. The standard InChI is InChI=1S/C14H12N4O/c1-9(19)6-14-15-5-4-11(18-14)10-2-3-12-13(7-10)17-8-16-12/h2-5,7-8H,6H2,1H3,(H,16,17). The van der Waals surface area contributed by atoms with Crippen molar-refractivity contribution in [3.05, 3.63) is 42.6 Å². The third-order valence-electron chi connectivity index (χ3n) is 2.83. The number of Topliss-reactive ketones (excluding diaryl/α,β-unsaturated/α-hetero) is 1. The number of nitrogens with one attached hydrogen (secondary N) is 1. The third-order valence-corrected chi connectivity index (χ3v) is 2.83. The molecule has 1 N–H and O–H groups in total. The topological polar surface area (TPSA) is 71.5 Å². The van der Waals surface area contributed by atoms with Crippen LogP contribution in [0.1, 0.15) is 12.7 Å². The number of H-pyrrole nitrogens is 1. The molecule has 94 valence electrons. The normalized spacial score (nSPS) is 10.8. The first kappa shape index (κ1) is 11.5. The third kappa shape index (κ3) is 2.35. The van der Waals surface area contributed by atoms with Crippen molar-refractivity contribution in [3.63, 3.8) is 0 Å². The number of hydrogen-bond acceptors (Lipinski definition) is 4. The van der Waals surface area contributed by atoms with E-state index in [1.807, 2.05) is 24.3 Å². The molecule has 0 saturated heterocycles. The number of carbonyl (C=O) groups excluding carboxylic acids is 1. The molecule has 5 nitrogen and oxygen atoms in total. The summed E-state index contributed by atoms with van der Waals surface area (Å²) in [4.78, 5) is 26.9. The first-order valence-electron chi connectivity index (χ1n) is 5.97. The monoisotopic (exact) mass is 252 g/mol. The highest BCUT2D eigenvalue weighted by Crippen LogP contribution is 2.20. The molecular weight excluding hydrogens is 240 g/mol. The lowest BCUT2D eigenvalue weighted by atomic mass is 10.1. The molecule has 5 heteroatoms. The Hall–Kier alpha value is -2.56. The maximum atomic E-state index is 11.1. The van der Waals surface area contributed by atoms with Crippen LogP contribution < -0.4 is 0 Å². The van der Waals surface area contributed by atoms with Crippen LogP contribution in [0.4, 0.5) is 0 Å². The molecule has 0 aliphatic heterocycles. The van der Waals surface area contributed by atoms with Crippen LogP contribution in [-0.4, -0.2) is 25.7 Å². The molecule has 3 rings (SSSR count). The number of rotatable bonds is 3. The summed E-state index contributed by atoms with van der Waals surface area (Å²) in [7, 11) is 0. The average molecular weight is 252 g/mol. The molecule has 0 saturated carbocycles. The molecule has 2 heterocycles. The van der Waals surface area contributed by atoms with E-state index < -0.39 is 0 Å². The molecule has 0 aliphatic carbocycles. The second-order valence-corrected chi connectivity index (χ2v) is 4.37. The molecule has 0 spiro atoms. The molecule has 2 aromatic heterocycles. The maximum Gasteiger partial charge on any atom is 0.137 e. The molecule has 0 atom stereocenters. The van der Waals surface area contributed by atoms with Crippen LogP contribution in [0.2, 0.25) is 0 Å². The summed E-state index contributed by atoms with van der Waals surface area (Å²) in [5, 5.41) is 0. The molecule has 19 heavy (non-hydrogen) atoms. The van der Waals surface area contributed by atoms with Crippen molar-refractivity contribution in [2.45, 2.75) is 13.3 Å². The van der Waals surface area contributed by atoms with Gasteiger partial charge in [-0.1, -0.05) is 6.07 Å². The van der Waals surface area contributed by atoms with Crippen molar-refractivity contribution in [1.29, 1.82) is 0 Å². The minimum Gasteiger partial charge on any atom is -0.345 e. The fourth-order valence-electron chi connectivity index (χ4n) is 1.96. The van der Waals surface area contributed by atoms with E-state index >= 15 is 0 Å². The highest BCUT2D eigenvalue weighted by molar-refractivity contribution is 5.81. The summed E-state index contributed by atoms with van der Waals surface area (Å²) in [5.74, 6) is 0.607. The number of fused-ring (bicyclic) bond motifs is 1. The molecule has 1 aromatic carbocycles. The zero-order valence-electron chi connectivity index (χ0n) is 10.4. The van der Waals surface area contributed by atoms with Crippen molar-refractivity contribution in [1.82, 2.24) is 19.9 Å². The van der Waals surface area contributed by atoms with Crippen molar-refractivity contribution in [3.8, 4) is 11.3 Å². The van der Waals surface area contributed by atoms with E-state index in [1.54, 1.807) is 12.5 Å². The van der Waals surface area contributed by atoms with Gasteiger partial charge in [0.15, 0.2) is 0 Å². The summed E-state index contributed by atoms with van der Waals surface area (Å²) in [6, 6.07) is 7.72. The summed E-state index contributed by atoms with van der Waals surface area (Å²) < 4.78 is 0. The Kier molecular flexibility index (Phi) is 2.79. The van der Waals surface area contributed by atoms with Crippen molar-refractivity contribution >= 4 is 16.8 Å². The van der Waals surface area contributed by atoms with Crippen molar-refractivity contribution < 1.29 is 4.79 Å². The van der Waals surface area contributed by atoms with Crippen molar-refractivity contribution in [2.24, 2.45) is 0 Å². The molecule has 0 radical (unpaired) electrons. The van der Waals surface area contributed by atoms with E-state index in [0.29, 0.717) is 5.82 Å². The highest BCUT2D eigenvalue weighted by Gasteiger charge is 2.06. The van der Waals surface area contributed by atoms with Crippen LogP contribution in [0.3, 0.4) is 0 Å². The van der Waals surface area contributed by atoms with E-state index in [1.165, 1.54) is 6.92 Å². The fourth-order valence-corrected chi connectivity index (χ4v) is 1.96. The van der Waals surface area contributed by atoms with Crippen LogP contribution in [0.5, 0.6) is 0 Å². The number of imidazole rings is 1. The number of ketones is 1. The smallest absolute Gasteiger partial charge is 0.137 e. The summed E-state index contributed by atoms with van der Waals surface area (Å²) >= 11 is 0. The molecule has 0 amide bonds. The van der Waals surface area contributed by atoms with E-state index in [2.05, 4.69) is 19.9 Å². The molecule has 0 aliphatic rings. The number of nitrogens with zero attached hydrogens (tertiary/aromatic N) is 3. The second-order valence-electron chi connectivity index (χ2n) is 4.37. The fraction of sp³-hybridized carbons (Fsp3) is 0.143. The highest BCUT2D eigenvalue weighted by atomic mass is 16.1. The summed E-state index contributed by atoms with van der Waals surface area (Å²) in [6.45, 7) is 1.53. The van der Waals surface area contributed by atoms with E-state index in [9.17, 15) is 4.79 Å². The Labute approximate surface area is 109 Å². The first-order chi connectivity index (χ1) is 9.22. The predicted octanol–water partition coefficient (Wildman–Crippen LogP) is 2.15. The van der Waals surface area contributed by atoms with Crippen LogP contribution in [-0.2, 0) is 11.2 Å². The average Bonchev–Trinajstić information content (AvgIpc) is 2.85. The molecule has 0 bridgehead atoms. The van der Waals surface area contributed by atoms with Gasteiger partial charge < -0.3 is 4.98 Å². The van der Waals surface area contributed by atoms with Gasteiger partial charge in [0, 0.05) is 11.8 Å². The lowest BCUT2D eigenvalue weighted by Crippen LogP contribution is -2.02. The number of aromatic nitrogens is 4. The SMILES string of the molecule is CC(=O)Cc1nccc(-c2ccc3nc[nH]c3c2)n1. The van der Waals surface area contributed by atoms with Crippen LogP contribution in [0.25, 0.3) is 22.3 Å². The zero-order chi connectivity index (χ0) is 13.2. The van der Waals surface area contributed by atoms with E-state index in [4.69, 9.17) is 0 Å². The van der Waals surface area contributed by atoms with E-state index in [0.717, 1.165) is 22.3 Å². The van der Waals surface area contributed by atoms with Gasteiger partial charge >= 0.3 is 0 Å². The largest absolute Gasteiger partial charge is 0.345 e. The second kappa shape index (κ2) is 4.61. The summed E-state index contributed by atoms with van der Waals surface area (Å²) in [5.41, 5.74) is 3.66. The Bertz CT molecular complexity index is 748. The Balaban J connectivity index is 2.02. The van der Waals surface area contributed by atoms with Gasteiger partial charge in [-0.25, -0.2) is 15.0 Å². The molecule has 0 unspecified atom stereocenters. The lowest BCUT2D eigenvalue weighted by molar-refractivity contribution is -0.116. The van der Waals surface area contributed by atoms with Crippen molar-refractivity contribution in [2.75, 3.05) is 0 Å². The first-order valence-corrected chi connectivity index (χ1v) is 5.97. The maximum absolute atomic E-state index is 11.1. The molecular formula is C14H12N4O. The zero-order valence-corrected chi connectivity index (χ0v) is 10.4. The Morgan fingerprint density at radius 1 is 1.26 bits per heavy atom. The van der Waals surface area contributed by atoms with Crippen LogP contribution in [0, 0.1) is 0 Å². The van der Waals surface area contributed by atoms with Gasteiger partial charge in [0.1, 0.15) is 11.6 Å².